The molecule has 6 nitrogen and oxygen atoms in total. The molecular formula is C19H29IN6. The molecule has 0 unspecified atom stereocenters. The molecule has 0 aromatic carbocycles. The molecule has 3 rings (SSSR count). The smallest absolute Gasteiger partial charge is 0.191 e. The Balaban J connectivity index is 0.00000243. The molecule has 1 aliphatic carbocycles. The molecule has 0 amide bonds. The van der Waals surface area contributed by atoms with Crippen molar-refractivity contribution in [3.63, 3.8) is 0 Å². The molecule has 26 heavy (non-hydrogen) atoms. The molecule has 2 heterocycles. The van der Waals surface area contributed by atoms with Gasteiger partial charge in [-0.3, -0.25) is 4.57 Å². The van der Waals surface area contributed by atoms with Crippen LogP contribution >= 0.6 is 24.0 Å². The van der Waals surface area contributed by atoms with Gasteiger partial charge in [0.05, 0.1) is 6.54 Å². The molecule has 0 saturated heterocycles. The van der Waals surface area contributed by atoms with Crippen LogP contribution in [0.15, 0.2) is 35.7 Å². The van der Waals surface area contributed by atoms with E-state index in [4.69, 9.17) is 4.99 Å². The van der Waals surface area contributed by atoms with Crippen LogP contribution < -0.4 is 10.6 Å². The highest BCUT2D eigenvalue weighted by Crippen LogP contribution is 2.17. The molecule has 0 atom stereocenters. The third kappa shape index (κ3) is 5.69. The van der Waals surface area contributed by atoms with Crippen molar-refractivity contribution in [2.45, 2.75) is 58.5 Å². The second-order valence-electron chi connectivity index (χ2n) is 6.54. The van der Waals surface area contributed by atoms with E-state index >= 15 is 0 Å². The Bertz CT molecular complexity index is 688. The lowest BCUT2D eigenvalue weighted by molar-refractivity contribution is 0.410. The molecule has 7 heteroatoms. The molecule has 0 aliphatic heterocycles. The van der Waals surface area contributed by atoms with E-state index in [1.165, 1.54) is 32.1 Å². The summed E-state index contributed by atoms with van der Waals surface area (Å²) in [7, 11) is 0. The number of imidazole rings is 1. The lowest BCUT2D eigenvalue weighted by Crippen LogP contribution is -2.44. The summed E-state index contributed by atoms with van der Waals surface area (Å²) in [5.74, 6) is 2.73. The van der Waals surface area contributed by atoms with Gasteiger partial charge in [0.1, 0.15) is 11.6 Å². The molecule has 2 aromatic rings. The van der Waals surface area contributed by atoms with Crippen molar-refractivity contribution >= 4 is 29.9 Å². The highest BCUT2D eigenvalue weighted by Gasteiger charge is 2.14. The van der Waals surface area contributed by atoms with Gasteiger partial charge in [0, 0.05) is 31.2 Å². The molecule has 142 valence electrons. The minimum atomic E-state index is 0. The third-order valence-corrected chi connectivity index (χ3v) is 4.59. The first-order valence-electron chi connectivity index (χ1n) is 9.26. The Morgan fingerprint density at radius 1 is 1.23 bits per heavy atom. The van der Waals surface area contributed by atoms with E-state index < -0.39 is 0 Å². The van der Waals surface area contributed by atoms with Crippen LogP contribution in [0.5, 0.6) is 0 Å². The van der Waals surface area contributed by atoms with E-state index in [1.807, 2.05) is 30.0 Å². The number of aromatic nitrogens is 3. The van der Waals surface area contributed by atoms with Crippen LogP contribution in [0.25, 0.3) is 5.82 Å². The Kier molecular flexibility index (Phi) is 8.34. The van der Waals surface area contributed by atoms with E-state index in [2.05, 4.69) is 33.6 Å². The van der Waals surface area contributed by atoms with E-state index in [0.29, 0.717) is 12.6 Å². The van der Waals surface area contributed by atoms with Crippen LogP contribution in [0.3, 0.4) is 0 Å². The molecule has 2 N–H and O–H groups in total. The average molecular weight is 468 g/mol. The lowest BCUT2D eigenvalue weighted by Gasteiger charge is -2.24. The standard InChI is InChI=1S/C19H28N6.HI/c1-3-20-19(24-17-7-5-4-6-8-17)23-14-16-9-10-18(22-13-16)25-12-11-21-15(25)2;/h9-13,17H,3-8,14H2,1-2H3,(H2,20,23,24);1H. The van der Waals surface area contributed by atoms with Gasteiger partial charge in [0.2, 0.25) is 0 Å². The summed E-state index contributed by atoms with van der Waals surface area (Å²) in [5.41, 5.74) is 1.10. The van der Waals surface area contributed by atoms with E-state index in [9.17, 15) is 0 Å². The predicted octanol–water partition coefficient (Wildman–Crippen LogP) is 3.58. The summed E-state index contributed by atoms with van der Waals surface area (Å²) < 4.78 is 1.97. The monoisotopic (exact) mass is 468 g/mol. The van der Waals surface area contributed by atoms with Crippen molar-refractivity contribution in [2.24, 2.45) is 4.99 Å². The first-order chi connectivity index (χ1) is 12.3. The maximum Gasteiger partial charge on any atom is 0.191 e. The fourth-order valence-corrected chi connectivity index (χ4v) is 3.20. The van der Waals surface area contributed by atoms with Gasteiger partial charge in [-0.05, 0) is 38.3 Å². The zero-order valence-electron chi connectivity index (χ0n) is 15.6. The zero-order valence-corrected chi connectivity index (χ0v) is 17.9. The van der Waals surface area contributed by atoms with Crippen LogP contribution in [0, 0.1) is 6.92 Å². The normalized spacial score (nSPS) is 15.4. The van der Waals surface area contributed by atoms with Crippen LogP contribution in [0.1, 0.15) is 50.4 Å². The van der Waals surface area contributed by atoms with Crippen molar-refractivity contribution in [1.29, 1.82) is 0 Å². The van der Waals surface area contributed by atoms with Gasteiger partial charge in [0.25, 0.3) is 0 Å². The molecular weight excluding hydrogens is 439 g/mol. The average Bonchev–Trinajstić information content (AvgIpc) is 3.07. The third-order valence-electron chi connectivity index (χ3n) is 4.59. The van der Waals surface area contributed by atoms with E-state index in [-0.39, 0.29) is 24.0 Å². The fourth-order valence-electron chi connectivity index (χ4n) is 3.20. The summed E-state index contributed by atoms with van der Waals surface area (Å²) >= 11 is 0. The maximum absolute atomic E-state index is 4.72. The van der Waals surface area contributed by atoms with Crippen LogP contribution in [0.2, 0.25) is 0 Å². The molecule has 1 saturated carbocycles. The molecule has 0 bridgehead atoms. The summed E-state index contributed by atoms with van der Waals surface area (Å²) in [6.07, 6.45) is 12.1. The second kappa shape index (κ2) is 10.5. The van der Waals surface area contributed by atoms with Crippen molar-refractivity contribution in [3.05, 3.63) is 42.1 Å². The minimum Gasteiger partial charge on any atom is -0.357 e. The van der Waals surface area contributed by atoms with Gasteiger partial charge in [-0.25, -0.2) is 15.0 Å². The number of hydrogen-bond donors (Lipinski definition) is 2. The molecule has 1 aliphatic rings. The molecule has 0 radical (unpaired) electrons. The van der Waals surface area contributed by atoms with Crippen molar-refractivity contribution in [3.8, 4) is 5.82 Å². The van der Waals surface area contributed by atoms with Crippen LogP contribution in [-0.2, 0) is 6.54 Å². The second-order valence-corrected chi connectivity index (χ2v) is 6.54. The molecule has 1 fully saturated rings. The van der Waals surface area contributed by atoms with Gasteiger partial charge in [-0.15, -0.1) is 24.0 Å². The van der Waals surface area contributed by atoms with Crippen molar-refractivity contribution < 1.29 is 0 Å². The number of aryl methyl sites for hydroxylation is 1. The first-order valence-corrected chi connectivity index (χ1v) is 9.26. The largest absolute Gasteiger partial charge is 0.357 e. The first kappa shape index (κ1) is 20.7. The Hall–Kier alpha value is -1.64. The van der Waals surface area contributed by atoms with Gasteiger partial charge in [-0.2, -0.15) is 0 Å². The number of halogens is 1. The number of aliphatic imine (C=N–C) groups is 1. The van der Waals surface area contributed by atoms with Crippen molar-refractivity contribution in [2.75, 3.05) is 6.54 Å². The number of guanidine groups is 1. The Morgan fingerprint density at radius 2 is 2.04 bits per heavy atom. The van der Waals surface area contributed by atoms with Crippen LogP contribution in [-0.4, -0.2) is 33.1 Å². The molecule has 2 aromatic heterocycles. The highest BCUT2D eigenvalue weighted by atomic mass is 127. The summed E-state index contributed by atoms with van der Waals surface area (Å²) in [5, 5.41) is 6.92. The quantitative estimate of drug-likeness (QED) is 0.400. The summed E-state index contributed by atoms with van der Waals surface area (Å²) in [6, 6.07) is 4.65. The van der Waals surface area contributed by atoms with E-state index in [0.717, 1.165) is 29.7 Å². The predicted molar refractivity (Wildman–Crippen MR) is 116 cm³/mol. The van der Waals surface area contributed by atoms with E-state index in [1.54, 1.807) is 6.20 Å². The minimum absolute atomic E-state index is 0. The highest BCUT2D eigenvalue weighted by molar-refractivity contribution is 14.0. The SMILES string of the molecule is CCNC(=NCc1ccc(-n2ccnc2C)nc1)NC1CCCCC1.I. The fraction of sp³-hybridized carbons (Fsp3) is 0.526. The Morgan fingerprint density at radius 3 is 2.65 bits per heavy atom. The lowest BCUT2D eigenvalue weighted by atomic mass is 9.96. The van der Waals surface area contributed by atoms with Gasteiger partial charge < -0.3 is 10.6 Å². The maximum atomic E-state index is 4.72. The summed E-state index contributed by atoms with van der Waals surface area (Å²) in [4.78, 5) is 13.5. The van der Waals surface area contributed by atoms with Gasteiger partial charge in [0.15, 0.2) is 5.96 Å². The topological polar surface area (TPSA) is 67.1 Å². The van der Waals surface area contributed by atoms with Gasteiger partial charge >= 0.3 is 0 Å². The zero-order chi connectivity index (χ0) is 17.5. The Labute approximate surface area is 172 Å². The number of hydrogen-bond acceptors (Lipinski definition) is 3. The molecule has 0 spiro atoms. The number of pyridine rings is 1. The van der Waals surface area contributed by atoms with Crippen molar-refractivity contribution in [1.82, 2.24) is 25.2 Å². The van der Waals surface area contributed by atoms with Gasteiger partial charge in [-0.1, -0.05) is 25.3 Å². The summed E-state index contributed by atoms with van der Waals surface area (Å²) in [6.45, 7) is 5.56. The number of rotatable bonds is 5. The van der Waals surface area contributed by atoms with Crippen LogP contribution in [0.4, 0.5) is 0 Å². The number of nitrogens with zero attached hydrogens (tertiary/aromatic N) is 4. The number of nitrogens with one attached hydrogen (secondary N) is 2.